The fourth-order valence-corrected chi connectivity index (χ4v) is 5.61. The van der Waals surface area contributed by atoms with E-state index >= 15 is 0 Å². The monoisotopic (exact) mass is 628 g/mol. The van der Waals surface area contributed by atoms with Gasteiger partial charge in [-0.25, -0.2) is 0 Å². The Labute approximate surface area is 263 Å². The molecule has 44 heavy (non-hydrogen) atoms. The molecule has 0 N–H and O–H groups in total. The van der Waals surface area contributed by atoms with Gasteiger partial charge in [0.05, 0.1) is 11.3 Å². The van der Waals surface area contributed by atoms with Gasteiger partial charge in [0.1, 0.15) is 0 Å². The van der Waals surface area contributed by atoms with Crippen LogP contribution in [0.25, 0.3) is 0 Å². The number of anilines is 2. The van der Waals surface area contributed by atoms with E-state index in [1.54, 1.807) is 39.9 Å². The minimum absolute atomic E-state index is 0.0189. The predicted octanol–water partition coefficient (Wildman–Crippen LogP) is 7.25. The van der Waals surface area contributed by atoms with Crippen molar-refractivity contribution >= 4 is 34.8 Å². The summed E-state index contributed by atoms with van der Waals surface area (Å²) < 4.78 is 39.8. The van der Waals surface area contributed by atoms with Gasteiger partial charge in [0.15, 0.2) is 0 Å². The molecule has 0 fully saturated rings. The number of hydrogen-bond donors (Lipinski definition) is 0. The van der Waals surface area contributed by atoms with Gasteiger partial charge in [-0.1, -0.05) is 61.0 Å². The van der Waals surface area contributed by atoms with Crippen molar-refractivity contribution in [3.05, 3.63) is 94.5 Å². The molecule has 0 bridgehead atoms. The highest BCUT2D eigenvalue weighted by atomic mass is 35.5. The Morgan fingerprint density at radius 1 is 0.886 bits per heavy atom. The van der Waals surface area contributed by atoms with E-state index in [0.29, 0.717) is 49.0 Å². The first-order valence-electron chi connectivity index (χ1n) is 15.1. The van der Waals surface area contributed by atoms with E-state index in [1.807, 2.05) is 31.2 Å². The van der Waals surface area contributed by atoms with E-state index in [2.05, 4.69) is 17.0 Å². The van der Waals surface area contributed by atoms with Crippen LogP contribution in [0.4, 0.5) is 24.5 Å². The van der Waals surface area contributed by atoms with E-state index in [9.17, 15) is 22.8 Å². The second kappa shape index (κ2) is 15.4. The maximum absolute atomic E-state index is 13.8. The molecule has 0 unspecified atom stereocenters. The number of alkyl halides is 3. The van der Waals surface area contributed by atoms with Crippen molar-refractivity contribution in [1.82, 2.24) is 9.80 Å². The molecule has 1 aliphatic heterocycles. The largest absolute Gasteiger partial charge is 0.416 e. The summed E-state index contributed by atoms with van der Waals surface area (Å²) in [4.78, 5) is 34.6. The molecule has 10 heteroatoms. The van der Waals surface area contributed by atoms with Crippen LogP contribution in [0.5, 0.6) is 0 Å². The minimum atomic E-state index is -4.44. The molecule has 0 saturated carbocycles. The highest BCUT2D eigenvalue weighted by Crippen LogP contribution is 2.32. The van der Waals surface area contributed by atoms with Crippen molar-refractivity contribution in [3.63, 3.8) is 0 Å². The average molecular weight is 629 g/mol. The second-order valence-corrected chi connectivity index (χ2v) is 11.7. The number of hydrogen-bond acceptors (Lipinski definition) is 4. The van der Waals surface area contributed by atoms with Crippen LogP contribution in [0.2, 0.25) is 5.02 Å². The van der Waals surface area contributed by atoms with E-state index in [4.69, 9.17) is 11.6 Å². The highest BCUT2D eigenvalue weighted by molar-refractivity contribution is 6.31. The molecule has 0 radical (unpaired) electrons. The fourth-order valence-electron chi connectivity index (χ4n) is 5.44. The lowest BCUT2D eigenvalue weighted by Crippen LogP contribution is -2.39. The lowest BCUT2D eigenvalue weighted by molar-refractivity contribution is -0.137. The molecule has 4 rings (SSSR count). The fraction of sp³-hybridized carbons (Fsp3) is 0.412. The number of rotatable bonds is 8. The summed E-state index contributed by atoms with van der Waals surface area (Å²) in [7, 11) is 1.69. The Morgan fingerprint density at radius 2 is 1.66 bits per heavy atom. The zero-order valence-corrected chi connectivity index (χ0v) is 26.1. The van der Waals surface area contributed by atoms with Crippen LogP contribution in [0.1, 0.15) is 49.3 Å². The summed E-state index contributed by atoms with van der Waals surface area (Å²) in [6.45, 7) is 5.59. The first-order chi connectivity index (χ1) is 21.0. The minimum Gasteiger partial charge on any atom is -0.374 e. The van der Waals surface area contributed by atoms with Gasteiger partial charge in [0.25, 0.3) is 0 Å². The van der Waals surface area contributed by atoms with Crippen LogP contribution >= 0.6 is 11.6 Å². The van der Waals surface area contributed by atoms with E-state index < -0.39 is 11.7 Å². The van der Waals surface area contributed by atoms with Crippen molar-refractivity contribution in [2.45, 2.75) is 51.9 Å². The van der Waals surface area contributed by atoms with Crippen molar-refractivity contribution in [1.29, 1.82) is 0 Å². The van der Waals surface area contributed by atoms with E-state index in [1.165, 1.54) is 6.07 Å². The van der Waals surface area contributed by atoms with Gasteiger partial charge in [0.2, 0.25) is 11.8 Å². The topological polar surface area (TPSA) is 47.1 Å². The van der Waals surface area contributed by atoms with Gasteiger partial charge < -0.3 is 14.7 Å². The van der Waals surface area contributed by atoms with Crippen LogP contribution in [-0.2, 0) is 28.9 Å². The van der Waals surface area contributed by atoms with Crippen LogP contribution in [0.3, 0.4) is 0 Å². The lowest BCUT2D eigenvalue weighted by atomic mass is 10.1. The number of benzene rings is 3. The summed E-state index contributed by atoms with van der Waals surface area (Å²) in [5.74, 6) is -0.0967. The number of carbonyl (C=O) groups excluding carboxylic acids is 2. The Morgan fingerprint density at radius 3 is 2.39 bits per heavy atom. The number of fused-ring (bicyclic) bond motifs is 1. The maximum atomic E-state index is 13.8. The third-order valence-corrected chi connectivity index (χ3v) is 8.12. The first kappa shape index (κ1) is 33.3. The first-order valence-corrected chi connectivity index (χ1v) is 15.4. The van der Waals surface area contributed by atoms with Crippen molar-refractivity contribution < 1.29 is 22.8 Å². The molecule has 0 spiro atoms. The van der Waals surface area contributed by atoms with Crippen molar-refractivity contribution in [3.8, 4) is 0 Å². The molecule has 0 aromatic heterocycles. The molecule has 2 amide bonds. The van der Waals surface area contributed by atoms with Gasteiger partial charge in [-0.05, 0) is 54.3 Å². The molecule has 0 atom stereocenters. The average Bonchev–Trinajstić information content (AvgIpc) is 3.03. The number of amides is 2. The summed E-state index contributed by atoms with van der Waals surface area (Å²) >= 11 is 6.41. The van der Waals surface area contributed by atoms with Gasteiger partial charge in [-0.15, -0.1) is 0 Å². The van der Waals surface area contributed by atoms with E-state index in [0.717, 1.165) is 42.6 Å². The SMILES string of the molecule is CCCC(=O)N1CCCN(Cc2ccccc2)CCN(C(=O)CCN(C)c2cccc(C(F)(F)F)c2)Cc2ccc(Cl)cc21. The molecule has 0 aliphatic carbocycles. The molecule has 6 nitrogen and oxygen atoms in total. The molecule has 1 heterocycles. The Balaban J connectivity index is 1.58. The number of nitrogens with zero attached hydrogens (tertiary/aromatic N) is 4. The predicted molar refractivity (Wildman–Crippen MR) is 170 cm³/mol. The highest BCUT2D eigenvalue weighted by Gasteiger charge is 2.31. The molecule has 3 aromatic rings. The van der Waals surface area contributed by atoms with Crippen LogP contribution in [0, 0.1) is 0 Å². The molecular formula is C34H40ClF3N4O2. The maximum Gasteiger partial charge on any atom is 0.416 e. The van der Waals surface area contributed by atoms with Crippen molar-refractivity contribution in [2.24, 2.45) is 0 Å². The van der Waals surface area contributed by atoms with Crippen LogP contribution in [-0.4, -0.2) is 61.4 Å². The standard InChI is InChI=1S/C34H40ClF3N4O2/c1-3-9-33(44)42-18-8-17-40(24-26-10-5-4-6-11-26)20-21-41(25-27-14-15-29(35)23-31(27)42)32(43)16-19-39(2)30-13-7-12-28(22-30)34(36,37)38/h4-7,10-15,22-23H,3,8-9,16-21,24-25H2,1-2H3. The Bertz CT molecular complexity index is 1400. The summed E-state index contributed by atoms with van der Waals surface area (Å²) in [5, 5.41) is 0.513. The third kappa shape index (κ3) is 9.22. The summed E-state index contributed by atoms with van der Waals surface area (Å²) in [6.07, 6.45) is -2.45. The van der Waals surface area contributed by atoms with Gasteiger partial charge in [0, 0.05) is 76.4 Å². The summed E-state index contributed by atoms with van der Waals surface area (Å²) in [5.41, 5.74) is 2.37. The number of halogens is 4. The molecule has 0 saturated heterocycles. The van der Waals surface area contributed by atoms with Gasteiger partial charge in [-0.3, -0.25) is 14.5 Å². The zero-order chi connectivity index (χ0) is 31.7. The van der Waals surface area contributed by atoms with Crippen LogP contribution in [0.15, 0.2) is 72.8 Å². The van der Waals surface area contributed by atoms with Gasteiger partial charge in [-0.2, -0.15) is 13.2 Å². The molecule has 3 aromatic carbocycles. The molecule has 236 valence electrons. The Hall–Kier alpha value is -3.56. The van der Waals surface area contributed by atoms with Crippen molar-refractivity contribution in [2.75, 3.05) is 49.6 Å². The molecular weight excluding hydrogens is 589 g/mol. The lowest BCUT2D eigenvalue weighted by Gasteiger charge is -2.29. The number of carbonyl (C=O) groups is 2. The second-order valence-electron chi connectivity index (χ2n) is 11.2. The third-order valence-electron chi connectivity index (χ3n) is 7.88. The zero-order valence-electron chi connectivity index (χ0n) is 25.3. The van der Waals surface area contributed by atoms with E-state index in [-0.39, 0.29) is 31.3 Å². The van der Waals surface area contributed by atoms with Crippen LogP contribution < -0.4 is 9.80 Å². The Kier molecular flexibility index (Phi) is 11.7. The molecule has 1 aliphatic rings. The quantitative estimate of drug-likeness (QED) is 0.264. The summed E-state index contributed by atoms with van der Waals surface area (Å²) in [6, 6.07) is 20.7. The smallest absolute Gasteiger partial charge is 0.374 e. The van der Waals surface area contributed by atoms with Gasteiger partial charge >= 0.3 is 6.18 Å². The normalized spacial score (nSPS) is 15.0.